The maximum atomic E-state index is 9.46. The summed E-state index contributed by atoms with van der Waals surface area (Å²) in [6.07, 6.45) is 0. The molecule has 4 rings (SSSR count). The summed E-state index contributed by atoms with van der Waals surface area (Å²) < 4.78 is 6.00. The van der Waals surface area contributed by atoms with Crippen molar-refractivity contribution in [1.82, 2.24) is 5.32 Å². The number of rotatable bonds is 5. The molecule has 0 radical (unpaired) electrons. The lowest BCUT2D eigenvalue weighted by Gasteiger charge is -2.26. The third-order valence-corrected chi connectivity index (χ3v) is 4.87. The van der Waals surface area contributed by atoms with E-state index in [2.05, 4.69) is 35.6 Å². The van der Waals surface area contributed by atoms with Gasteiger partial charge in [-0.1, -0.05) is 36.4 Å². The van der Waals surface area contributed by atoms with Gasteiger partial charge in [0.05, 0.1) is 18.8 Å². The number of nitrogens with one attached hydrogen (secondary N) is 1. The summed E-state index contributed by atoms with van der Waals surface area (Å²) in [7, 11) is 0. The number of furan rings is 1. The molecule has 0 bridgehead atoms. The maximum Gasteiger partial charge on any atom is 0.136 e. The Bertz CT molecular complexity index is 1050. The summed E-state index contributed by atoms with van der Waals surface area (Å²) in [5.74, 6) is 0. The number of fused-ring (bicyclic) bond motifs is 4. The highest BCUT2D eigenvalue weighted by Crippen LogP contribution is 2.33. The zero-order valence-electron chi connectivity index (χ0n) is 14.1. The molecule has 1 heterocycles. The van der Waals surface area contributed by atoms with Gasteiger partial charge in [0.15, 0.2) is 0 Å². The Morgan fingerprint density at radius 3 is 2.48 bits per heavy atom. The highest BCUT2D eigenvalue weighted by Gasteiger charge is 2.21. The lowest BCUT2D eigenvalue weighted by molar-refractivity contribution is 0.103. The van der Waals surface area contributed by atoms with E-state index in [9.17, 15) is 10.2 Å². The van der Waals surface area contributed by atoms with Crippen molar-refractivity contribution < 1.29 is 14.6 Å². The van der Waals surface area contributed by atoms with Gasteiger partial charge in [-0.3, -0.25) is 0 Å². The molecule has 4 aromatic rings. The van der Waals surface area contributed by atoms with Crippen LogP contribution < -0.4 is 5.32 Å². The molecule has 0 aliphatic heterocycles. The number of hydrogen-bond acceptors (Lipinski definition) is 4. The first-order valence-electron chi connectivity index (χ1n) is 8.43. The van der Waals surface area contributed by atoms with Crippen molar-refractivity contribution in [3.05, 3.63) is 60.2 Å². The van der Waals surface area contributed by atoms with E-state index in [1.807, 2.05) is 24.3 Å². The summed E-state index contributed by atoms with van der Waals surface area (Å²) in [4.78, 5) is 0. The molecule has 0 aliphatic carbocycles. The van der Waals surface area contributed by atoms with Crippen LogP contribution in [0.15, 0.2) is 59.0 Å². The molecule has 4 heteroatoms. The van der Waals surface area contributed by atoms with E-state index in [4.69, 9.17) is 4.42 Å². The molecule has 0 saturated carbocycles. The van der Waals surface area contributed by atoms with Gasteiger partial charge in [-0.15, -0.1) is 0 Å². The second-order valence-corrected chi connectivity index (χ2v) is 6.82. The predicted octanol–water partition coefficient (Wildman–Crippen LogP) is 3.57. The lowest BCUT2D eigenvalue weighted by Crippen LogP contribution is -2.48. The Morgan fingerprint density at radius 1 is 0.880 bits per heavy atom. The Kier molecular flexibility index (Phi) is 3.96. The normalized spacial score (nSPS) is 12.4. The van der Waals surface area contributed by atoms with Crippen LogP contribution in [-0.2, 0) is 6.54 Å². The summed E-state index contributed by atoms with van der Waals surface area (Å²) in [6, 6.07) is 18.5. The molecule has 1 aromatic heterocycles. The van der Waals surface area contributed by atoms with Gasteiger partial charge in [0.25, 0.3) is 0 Å². The fourth-order valence-corrected chi connectivity index (χ4v) is 3.19. The summed E-state index contributed by atoms with van der Waals surface area (Å²) >= 11 is 0. The Morgan fingerprint density at radius 2 is 1.68 bits per heavy atom. The minimum absolute atomic E-state index is 0.123. The van der Waals surface area contributed by atoms with Crippen molar-refractivity contribution in [2.75, 3.05) is 13.2 Å². The molecule has 3 N–H and O–H groups in total. The summed E-state index contributed by atoms with van der Waals surface area (Å²) in [6.45, 7) is 2.11. The molecule has 0 amide bonds. The number of para-hydroxylation sites is 1. The van der Waals surface area contributed by atoms with E-state index in [1.165, 1.54) is 0 Å². The van der Waals surface area contributed by atoms with Crippen LogP contribution in [0.1, 0.15) is 12.5 Å². The van der Waals surface area contributed by atoms with E-state index in [1.54, 1.807) is 6.92 Å². The molecule has 0 spiro atoms. The summed E-state index contributed by atoms with van der Waals surface area (Å²) in [5.41, 5.74) is 2.16. The van der Waals surface area contributed by atoms with Crippen molar-refractivity contribution >= 4 is 32.7 Å². The zero-order valence-corrected chi connectivity index (χ0v) is 14.1. The van der Waals surface area contributed by atoms with Gasteiger partial charge in [-0.2, -0.15) is 0 Å². The van der Waals surface area contributed by atoms with Gasteiger partial charge < -0.3 is 19.9 Å². The second kappa shape index (κ2) is 6.15. The van der Waals surface area contributed by atoms with Crippen molar-refractivity contribution in [1.29, 1.82) is 0 Å². The number of benzene rings is 3. The molecule has 0 fully saturated rings. The topological polar surface area (TPSA) is 65.6 Å². The average Bonchev–Trinajstić information content (AvgIpc) is 3.02. The maximum absolute atomic E-state index is 9.46. The minimum Gasteiger partial charge on any atom is -0.456 e. The van der Waals surface area contributed by atoms with Crippen molar-refractivity contribution in [3.63, 3.8) is 0 Å². The van der Waals surface area contributed by atoms with Gasteiger partial charge in [-0.25, -0.2) is 0 Å². The van der Waals surface area contributed by atoms with Crippen molar-refractivity contribution in [3.8, 4) is 0 Å². The Balaban J connectivity index is 1.82. The van der Waals surface area contributed by atoms with Crippen LogP contribution >= 0.6 is 0 Å². The molecule has 0 aliphatic rings. The van der Waals surface area contributed by atoms with E-state index >= 15 is 0 Å². The molecule has 0 unspecified atom stereocenters. The van der Waals surface area contributed by atoms with E-state index < -0.39 is 5.54 Å². The van der Waals surface area contributed by atoms with Gasteiger partial charge in [0.2, 0.25) is 0 Å². The third-order valence-electron chi connectivity index (χ3n) is 4.87. The minimum atomic E-state index is -0.703. The quantitative estimate of drug-likeness (QED) is 0.522. The molecular weight excluding hydrogens is 314 g/mol. The van der Waals surface area contributed by atoms with Crippen LogP contribution in [-0.4, -0.2) is 29.0 Å². The van der Waals surface area contributed by atoms with E-state index in [0.717, 1.165) is 38.3 Å². The van der Waals surface area contributed by atoms with Gasteiger partial charge in [-0.05, 0) is 41.5 Å². The van der Waals surface area contributed by atoms with Crippen molar-refractivity contribution in [2.24, 2.45) is 0 Å². The smallest absolute Gasteiger partial charge is 0.136 e. The second-order valence-electron chi connectivity index (χ2n) is 6.82. The van der Waals surface area contributed by atoms with Crippen molar-refractivity contribution in [2.45, 2.75) is 19.0 Å². The lowest BCUT2D eigenvalue weighted by atomic mass is 10.00. The number of aliphatic hydroxyl groups is 2. The van der Waals surface area contributed by atoms with Gasteiger partial charge >= 0.3 is 0 Å². The number of hydrogen-bond donors (Lipinski definition) is 3. The van der Waals surface area contributed by atoms with Gasteiger partial charge in [0, 0.05) is 17.3 Å². The largest absolute Gasteiger partial charge is 0.456 e. The molecule has 3 aromatic carbocycles. The molecule has 0 saturated heterocycles. The van der Waals surface area contributed by atoms with Crippen LogP contribution in [0.25, 0.3) is 32.7 Å². The molecule has 128 valence electrons. The van der Waals surface area contributed by atoms with Crippen LogP contribution in [0.5, 0.6) is 0 Å². The first-order valence-corrected chi connectivity index (χ1v) is 8.43. The third kappa shape index (κ3) is 2.78. The highest BCUT2D eigenvalue weighted by molar-refractivity contribution is 6.10. The Labute approximate surface area is 145 Å². The highest BCUT2D eigenvalue weighted by atomic mass is 16.3. The fraction of sp³-hybridized carbons (Fsp3) is 0.238. The molecule has 0 atom stereocenters. The van der Waals surface area contributed by atoms with Crippen LogP contribution in [0.4, 0.5) is 0 Å². The van der Waals surface area contributed by atoms with E-state index in [-0.39, 0.29) is 13.2 Å². The SMILES string of the molecule is CC(CO)(CO)NCc1cccc2cc3c(cc12)oc1ccccc13. The van der Waals surface area contributed by atoms with Crippen LogP contribution in [0, 0.1) is 0 Å². The average molecular weight is 335 g/mol. The van der Waals surface area contributed by atoms with E-state index in [0.29, 0.717) is 6.54 Å². The fourth-order valence-electron chi connectivity index (χ4n) is 3.19. The van der Waals surface area contributed by atoms with Gasteiger partial charge in [0.1, 0.15) is 11.2 Å². The Hall–Kier alpha value is -2.40. The number of aliphatic hydroxyl groups excluding tert-OH is 2. The zero-order chi connectivity index (χ0) is 17.4. The summed E-state index contributed by atoms with van der Waals surface area (Å²) in [5, 5.41) is 26.7. The molecule has 25 heavy (non-hydrogen) atoms. The predicted molar refractivity (Wildman–Crippen MR) is 101 cm³/mol. The van der Waals surface area contributed by atoms with Crippen LogP contribution in [0.2, 0.25) is 0 Å². The first-order chi connectivity index (χ1) is 12.1. The molecule has 4 nitrogen and oxygen atoms in total. The standard InChI is InChI=1S/C21H21NO3/c1-21(12-23,13-24)22-11-15-6-4-5-14-9-18-16-7-2-3-8-19(16)25-20(18)10-17(14)15/h2-10,22-24H,11-13H2,1H3. The van der Waals surface area contributed by atoms with Crippen LogP contribution in [0.3, 0.4) is 0 Å². The first kappa shape index (κ1) is 16.1. The molecular formula is C21H21NO3. The monoisotopic (exact) mass is 335 g/mol.